The smallest absolute Gasteiger partial charge is 0.0322 e. The summed E-state index contributed by atoms with van der Waals surface area (Å²) in [6.07, 6.45) is 9.55. The lowest BCUT2D eigenvalue weighted by Gasteiger charge is -2.73. The summed E-state index contributed by atoms with van der Waals surface area (Å²) < 4.78 is 0.636. The van der Waals surface area contributed by atoms with E-state index in [1.807, 2.05) is 0 Å². The van der Waals surface area contributed by atoms with Crippen molar-refractivity contribution in [1.29, 1.82) is 0 Å². The summed E-state index contributed by atoms with van der Waals surface area (Å²) >= 11 is 4.25. The van der Waals surface area contributed by atoms with Crippen LogP contribution in [0, 0.1) is 41.4 Å². The summed E-state index contributed by atoms with van der Waals surface area (Å²) in [5, 5.41) is 0. The molecule has 7 fully saturated rings. The van der Waals surface area contributed by atoms with Gasteiger partial charge in [0.05, 0.1) is 0 Å². The number of rotatable bonds is 0. The van der Waals surface area contributed by atoms with E-state index in [1.54, 1.807) is 32.1 Å². The second-order valence-corrected chi connectivity index (χ2v) is 8.72. The molecule has 8 bridgehead atoms. The molecule has 0 aliphatic heterocycles. The summed E-state index contributed by atoms with van der Waals surface area (Å²) in [6.45, 7) is 0. The van der Waals surface area contributed by atoms with Crippen LogP contribution in [0.25, 0.3) is 0 Å². The van der Waals surface area contributed by atoms with Crippen molar-refractivity contribution in [3.63, 3.8) is 0 Å². The maximum Gasteiger partial charge on any atom is 0.0322 e. The maximum atomic E-state index is 4.25. The molecule has 0 aromatic carbocycles. The fourth-order valence-corrected chi connectivity index (χ4v) is 8.35. The number of hydrogen-bond donors (Lipinski definition) is 0. The second-order valence-electron chi connectivity index (χ2n) is 7.25. The van der Waals surface area contributed by atoms with Crippen molar-refractivity contribution in [3.05, 3.63) is 0 Å². The van der Waals surface area contributed by atoms with Gasteiger partial charge in [-0.1, -0.05) is 15.9 Å². The molecular weight excluding hydrogens is 248 g/mol. The number of hydrogen-bond acceptors (Lipinski definition) is 0. The first-order valence-electron chi connectivity index (χ1n) is 6.94. The monoisotopic (exact) mass is 266 g/mol. The Morgan fingerprint density at radius 1 is 0.733 bits per heavy atom. The molecule has 0 heterocycles. The van der Waals surface area contributed by atoms with E-state index < -0.39 is 0 Å². The van der Waals surface area contributed by atoms with Gasteiger partial charge >= 0.3 is 0 Å². The summed E-state index contributed by atoms with van der Waals surface area (Å²) in [5.41, 5.74) is 0. The predicted molar refractivity (Wildman–Crippen MR) is 63.8 cm³/mol. The van der Waals surface area contributed by atoms with Gasteiger partial charge in [0.1, 0.15) is 0 Å². The lowest BCUT2D eigenvalue weighted by Crippen LogP contribution is -2.68. The van der Waals surface area contributed by atoms with Crippen molar-refractivity contribution in [2.75, 3.05) is 0 Å². The molecule has 8 atom stereocenters. The first-order chi connectivity index (χ1) is 7.25. The fourth-order valence-electron chi connectivity index (χ4n) is 6.84. The third-order valence-electron chi connectivity index (χ3n) is 6.96. The van der Waals surface area contributed by atoms with Crippen LogP contribution in [0.15, 0.2) is 0 Å². The van der Waals surface area contributed by atoms with Crippen LogP contribution in [0.2, 0.25) is 0 Å². The Bertz CT molecular complexity index is 312. The molecule has 1 heteroatoms. The van der Waals surface area contributed by atoms with Gasteiger partial charge in [-0.2, -0.15) is 0 Å². The highest BCUT2D eigenvalue weighted by molar-refractivity contribution is 9.10. The molecule has 0 nitrogen and oxygen atoms in total. The molecule has 0 N–H and O–H groups in total. The highest BCUT2D eigenvalue weighted by atomic mass is 79.9. The van der Waals surface area contributed by atoms with Crippen LogP contribution in [0.3, 0.4) is 0 Å². The van der Waals surface area contributed by atoms with Gasteiger partial charge < -0.3 is 0 Å². The fraction of sp³-hybridized carbons (Fsp3) is 1.00. The van der Waals surface area contributed by atoms with Crippen LogP contribution in [0.1, 0.15) is 38.5 Å². The molecule has 7 aliphatic rings. The van der Waals surface area contributed by atoms with E-state index in [2.05, 4.69) is 15.9 Å². The lowest BCUT2D eigenvalue weighted by molar-refractivity contribution is -0.184. The topological polar surface area (TPSA) is 0 Å². The second kappa shape index (κ2) is 2.35. The minimum absolute atomic E-state index is 0.636. The van der Waals surface area contributed by atoms with E-state index in [1.165, 1.54) is 12.3 Å². The van der Waals surface area contributed by atoms with Crippen molar-refractivity contribution in [3.8, 4) is 0 Å². The standard InChI is InChI=1S/C14H19Br/c15-14-6-8-2-10-9-1-7(4-12(10)14)5-13(14)11(9)3-8/h7-13H,1-6H2/t7?,8?,9?,10-,11+,12?,13?,14?. The van der Waals surface area contributed by atoms with Crippen molar-refractivity contribution in [2.24, 2.45) is 41.4 Å². The zero-order valence-electron chi connectivity index (χ0n) is 9.16. The van der Waals surface area contributed by atoms with Crippen LogP contribution >= 0.6 is 15.9 Å². The van der Waals surface area contributed by atoms with Crippen LogP contribution in [-0.4, -0.2) is 4.32 Å². The van der Waals surface area contributed by atoms with Crippen LogP contribution in [0.4, 0.5) is 0 Å². The summed E-state index contributed by atoms with van der Waals surface area (Å²) in [4.78, 5) is 0. The van der Waals surface area contributed by atoms with Crippen molar-refractivity contribution < 1.29 is 0 Å². The minimum atomic E-state index is 0.636. The summed E-state index contributed by atoms with van der Waals surface area (Å²) in [7, 11) is 0. The molecule has 0 amide bonds. The molecule has 82 valence electrons. The zero-order chi connectivity index (χ0) is 9.78. The van der Waals surface area contributed by atoms with Crippen molar-refractivity contribution >= 4 is 15.9 Å². The van der Waals surface area contributed by atoms with Crippen LogP contribution in [0.5, 0.6) is 0 Å². The average Bonchev–Trinajstić information content (AvgIpc) is 2.24. The molecular formula is C14H19Br. The highest BCUT2D eigenvalue weighted by Crippen LogP contribution is 2.74. The number of halogens is 1. The van der Waals surface area contributed by atoms with E-state index in [-0.39, 0.29) is 0 Å². The zero-order valence-corrected chi connectivity index (χ0v) is 10.7. The first-order valence-corrected chi connectivity index (χ1v) is 7.74. The molecule has 7 rings (SSSR count). The quantitative estimate of drug-likeness (QED) is 0.585. The van der Waals surface area contributed by atoms with Crippen molar-refractivity contribution in [2.45, 2.75) is 42.8 Å². The Morgan fingerprint density at radius 3 is 2.00 bits per heavy atom. The first kappa shape index (κ1) is 8.55. The third kappa shape index (κ3) is 0.789. The largest absolute Gasteiger partial charge is 0.0847 e. The van der Waals surface area contributed by atoms with Gasteiger partial charge in [-0.3, -0.25) is 0 Å². The SMILES string of the molecule is BrC12CC3C[C@@H]4C5CC(CC41)CC2[C@H]5C3. The molecule has 0 saturated heterocycles. The van der Waals surface area contributed by atoms with E-state index in [0.717, 1.165) is 35.5 Å². The average molecular weight is 267 g/mol. The van der Waals surface area contributed by atoms with E-state index >= 15 is 0 Å². The Balaban J connectivity index is 1.73. The maximum absolute atomic E-state index is 4.25. The van der Waals surface area contributed by atoms with Crippen LogP contribution in [-0.2, 0) is 0 Å². The van der Waals surface area contributed by atoms with E-state index in [0.29, 0.717) is 4.32 Å². The van der Waals surface area contributed by atoms with Gasteiger partial charge in [-0.15, -0.1) is 0 Å². The minimum Gasteiger partial charge on any atom is -0.0847 e. The van der Waals surface area contributed by atoms with Gasteiger partial charge in [0.15, 0.2) is 0 Å². The lowest BCUT2D eigenvalue weighted by atomic mass is 9.36. The normalized spacial score (nSPS) is 73.0. The Kier molecular flexibility index (Phi) is 1.34. The van der Waals surface area contributed by atoms with E-state index in [4.69, 9.17) is 0 Å². The van der Waals surface area contributed by atoms with Crippen LogP contribution < -0.4 is 0 Å². The molecule has 6 unspecified atom stereocenters. The summed E-state index contributed by atoms with van der Waals surface area (Å²) in [5.74, 6) is 7.90. The molecule has 0 radical (unpaired) electrons. The van der Waals surface area contributed by atoms with Gasteiger partial charge in [0.25, 0.3) is 0 Å². The summed E-state index contributed by atoms with van der Waals surface area (Å²) in [6, 6.07) is 0. The Hall–Kier alpha value is 0.480. The van der Waals surface area contributed by atoms with E-state index in [9.17, 15) is 0 Å². The predicted octanol–water partition coefficient (Wildman–Crippen LogP) is 3.84. The molecule has 0 aromatic rings. The van der Waals surface area contributed by atoms with Gasteiger partial charge in [0, 0.05) is 4.32 Å². The highest BCUT2D eigenvalue weighted by Gasteiger charge is 2.69. The molecule has 15 heavy (non-hydrogen) atoms. The third-order valence-corrected chi connectivity index (χ3v) is 8.46. The van der Waals surface area contributed by atoms with Crippen molar-refractivity contribution in [1.82, 2.24) is 0 Å². The van der Waals surface area contributed by atoms with Gasteiger partial charge in [-0.05, 0) is 80.0 Å². The molecule has 7 aliphatic carbocycles. The number of alkyl halides is 1. The van der Waals surface area contributed by atoms with Gasteiger partial charge in [0.2, 0.25) is 0 Å². The molecule has 7 saturated carbocycles. The Labute approximate surface area is 100 Å². The Morgan fingerprint density at radius 2 is 1.33 bits per heavy atom. The molecule has 0 aromatic heterocycles. The molecule has 0 spiro atoms. The van der Waals surface area contributed by atoms with Gasteiger partial charge in [-0.25, -0.2) is 0 Å².